The average molecular weight is 629 g/mol. The molecule has 11 heteroatoms. The van der Waals surface area contributed by atoms with Crippen LogP contribution in [0.15, 0.2) is 34.8 Å². The molecule has 0 spiro atoms. The summed E-state index contributed by atoms with van der Waals surface area (Å²) in [6, 6.07) is 5.15. The Kier molecular flexibility index (Phi) is 9.18. The van der Waals surface area contributed by atoms with Crippen molar-refractivity contribution in [2.24, 2.45) is 11.3 Å². The predicted octanol–water partition coefficient (Wildman–Crippen LogP) is 3.80. The topological polar surface area (TPSA) is 130 Å². The van der Waals surface area contributed by atoms with Gasteiger partial charge in [0.2, 0.25) is 11.8 Å². The van der Waals surface area contributed by atoms with E-state index in [1.165, 1.54) is 5.01 Å². The fourth-order valence-corrected chi connectivity index (χ4v) is 5.38. The van der Waals surface area contributed by atoms with E-state index in [9.17, 15) is 19.2 Å². The van der Waals surface area contributed by atoms with Gasteiger partial charge in [0.15, 0.2) is 0 Å². The number of carbonyl (C=O) groups is 4. The maximum Gasteiger partial charge on any atom is 0.325 e. The number of aromatic nitrogens is 1. The molecule has 2 aliphatic heterocycles. The lowest BCUT2D eigenvalue weighted by Gasteiger charge is -2.35. The van der Waals surface area contributed by atoms with Crippen LogP contribution in [0.4, 0.5) is 0 Å². The largest absolute Gasteiger partial charge is 0.455 e. The summed E-state index contributed by atoms with van der Waals surface area (Å²) in [5.41, 5.74) is 4.15. The number of hydrogen-bond donors (Lipinski definition) is 3. The molecule has 2 aliphatic rings. The van der Waals surface area contributed by atoms with E-state index in [1.54, 1.807) is 33.8 Å². The van der Waals surface area contributed by atoms with E-state index in [2.05, 4.69) is 32.0 Å². The van der Waals surface area contributed by atoms with Gasteiger partial charge in [-0.05, 0) is 64.2 Å². The number of hydrazine groups is 1. The first-order chi connectivity index (χ1) is 19.3. The minimum atomic E-state index is -0.937. The molecule has 4 rings (SSSR count). The van der Waals surface area contributed by atoms with E-state index >= 15 is 0 Å². The third-order valence-electron chi connectivity index (χ3n) is 7.49. The van der Waals surface area contributed by atoms with Crippen molar-refractivity contribution in [3.8, 4) is 0 Å². The lowest BCUT2D eigenvalue weighted by molar-refractivity contribution is -0.157. The molecule has 41 heavy (non-hydrogen) atoms. The third kappa shape index (κ3) is 6.95. The molecule has 10 nitrogen and oxygen atoms in total. The predicted molar refractivity (Wildman–Crippen MR) is 159 cm³/mol. The molecular formula is C30H38BrN5O5. The van der Waals surface area contributed by atoms with Crippen molar-refractivity contribution in [3.63, 3.8) is 0 Å². The number of carbonyl (C=O) groups excluding carboxylic acids is 4. The molecule has 1 saturated heterocycles. The van der Waals surface area contributed by atoms with Gasteiger partial charge in [0.25, 0.3) is 5.91 Å². The third-order valence-corrected chi connectivity index (χ3v) is 8.15. The number of benzene rings is 1. The first-order valence-corrected chi connectivity index (χ1v) is 14.7. The van der Waals surface area contributed by atoms with Gasteiger partial charge in [-0.15, -0.1) is 0 Å². The summed E-state index contributed by atoms with van der Waals surface area (Å²) in [4.78, 5) is 57.7. The van der Waals surface area contributed by atoms with Gasteiger partial charge in [-0.25, -0.2) is 10.4 Å². The van der Waals surface area contributed by atoms with E-state index < -0.39 is 41.5 Å². The summed E-state index contributed by atoms with van der Waals surface area (Å²) < 4.78 is 6.59. The molecule has 220 valence electrons. The molecule has 0 saturated carbocycles. The van der Waals surface area contributed by atoms with Crippen LogP contribution in [-0.2, 0) is 23.9 Å². The summed E-state index contributed by atoms with van der Waals surface area (Å²) in [6.45, 7) is 10.9. The number of nitrogens with one attached hydrogen (secondary N) is 3. The highest BCUT2D eigenvalue weighted by Crippen LogP contribution is 2.29. The van der Waals surface area contributed by atoms with Crippen LogP contribution in [0.3, 0.4) is 0 Å². The van der Waals surface area contributed by atoms with E-state index in [-0.39, 0.29) is 17.7 Å². The molecule has 0 radical (unpaired) electrons. The number of ether oxygens (including phenoxy) is 1. The Morgan fingerprint density at radius 1 is 1.10 bits per heavy atom. The number of cyclic esters (lactones) is 1. The number of esters is 1. The molecular weight excluding hydrogens is 590 g/mol. The van der Waals surface area contributed by atoms with Crippen molar-refractivity contribution >= 4 is 56.6 Å². The van der Waals surface area contributed by atoms with Crippen LogP contribution in [0.25, 0.3) is 17.0 Å². The minimum Gasteiger partial charge on any atom is -0.455 e. The van der Waals surface area contributed by atoms with E-state index in [0.29, 0.717) is 30.6 Å². The summed E-state index contributed by atoms with van der Waals surface area (Å²) >= 11 is 3.61. The second-order valence-corrected chi connectivity index (χ2v) is 12.5. The monoisotopic (exact) mass is 627 g/mol. The highest BCUT2D eigenvalue weighted by Gasteiger charge is 2.35. The Morgan fingerprint density at radius 2 is 1.83 bits per heavy atom. The van der Waals surface area contributed by atoms with Gasteiger partial charge in [0, 0.05) is 16.4 Å². The lowest BCUT2D eigenvalue weighted by Crippen LogP contribution is -2.61. The quantitative estimate of drug-likeness (QED) is 0.410. The maximum absolute atomic E-state index is 13.3. The smallest absolute Gasteiger partial charge is 0.325 e. The molecule has 0 aliphatic carbocycles. The van der Waals surface area contributed by atoms with Crippen LogP contribution in [-0.4, -0.2) is 58.4 Å². The Hall–Kier alpha value is -3.31. The summed E-state index contributed by atoms with van der Waals surface area (Å²) in [5, 5.41) is 7.87. The molecule has 3 amide bonds. The van der Waals surface area contributed by atoms with Crippen LogP contribution in [0.5, 0.6) is 0 Å². The zero-order valence-corrected chi connectivity index (χ0v) is 25.9. The summed E-state index contributed by atoms with van der Waals surface area (Å²) in [5.74, 6) is -1.88. The molecule has 3 N–H and O–H groups in total. The van der Waals surface area contributed by atoms with Crippen molar-refractivity contribution in [1.82, 2.24) is 26.1 Å². The van der Waals surface area contributed by atoms with Crippen molar-refractivity contribution in [1.29, 1.82) is 0 Å². The number of halogens is 1. The van der Waals surface area contributed by atoms with Gasteiger partial charge in [-0.1, -0.05) is 54.1 Å². The van der Waals surface area contributed by atoms with Crippen molar-refractivity contribution < 1.29 is 23.9 Å². The van der Waals surface area contributed by atoms with Crippen LogP contribution >= 0.6 is 15.9 Å². The molecule has 1 aromatic heterocycles. The molecule has 1 fully saturated rings. The second kappa shape index (κ2) is 12.3. The number of nitrogens with zero attached hydrogens (tertiary/aromatic N) is 2. The fraction of sp³-hybridized carbons (Fsp3) is 0.500. The summed E-state index contributed by atoms with van der Waals surface area (Å²) in [6.07, 6.45) is 4.08. The molecule has 2 aromatic rings. The van der Waals surface area contributed by atoms with Crippen LogP contribution in [0.1, 0.15) is 71.7 Å². The Morgan fingerprint density at radius 3 is 2.54 bits per heavy atom. The van der Waals surface area contributed by atoms with Gasteiger partial charge in [0.05, 0.1) is 16.6 Å². The number of pyridine rings is 1. The number of amides is 3. The van der Waals surface area contributed by atoms with Gasteiger partial charge >= 0.3 is 5.97 Å². The molecule has 3 heterocycles. The van der Waals surface area contributed by atoms with Crippen molar-refractivity contribution in [2.45, 2.75) is 78.6 Å². The zero-order valence-electron chi connectivity index (χ0n) is 24.3. The van der Waals surface area contributed by atoms with E-state index in [4.69, 9.17) is 9.72 Å². The highest BCUT2D eigenvalue weighted by atomic mass is 79.9. The Labute approximate surface area is 248 Å². The van der Waals surface area contributed by atoms with Gasteiger partial charge in [0.1, 0.15) is 24.2 Å². The van der Waals surface area contributed by atoms with Crippen molar-refractivity contribution in [3.05, 3.63) is 46.1 Å². The van der Waals surface area contributed by atoms with Gasteiger partial charge in [-0.3, -0.25) is 24.2 Å². The lowest BCUT2D eigenvalue weighted by atomic mass is 9.89. The Bertz CT molecular complexity index is 1390. The number of fused-ring (bicyclic) bond motifs is 4. The van der Waals surface area contributed by atoms with Crippen LogP contribution in [0, 0.1) is 11.3 Å². The normalized spacial score (nSPS) is 26.9. The van der Waals surface area contributed by atoms with Crippen LogP contribution < -0.4 is 16.1 Å². The molecule has 1 aromatic carbocycles. The number of hydrogen-bond acceptors (Lipinski definition) is 7. The van der Waals surface area contributed by atoms with Gasteiger partial charge in [-0.2, -0.15) is 0 Å². The Balaban J connectivity index is 1.73. The minimum absolute atomic E-state index is 0.226. The first-order valence-electron chi connectivity index (χ1n) is 14.0. The number of rotatable bonds is 1. The van der Waals surface area contributed by atoms with Crippen molar-refractivity contribution in [2.75, 3.05) is 6.54 Å². The maximum atomic E-state index is 13.3. The molecule has 0 unspecified atom stereocenters. The standard InChI is InChI=1S/C30H38BrN5O5/c1-16(2)25-26(37)32-17(3)27(38)36-13-7-8-22(35-36)28(39)41-18(4)23-15-21(31)20-10-9-19(14-24(20)33-23)11-12-30(5,6)29(40)34-25/h9-12,14-18,22,25,35H,7-8,13H2,1-6H3,(H,32,37)(H,34,40)/b12-11+/t17-,18+,22-,25-/m0/s1. The van der Waals surface area contributed by atoms with Gasteiger partial charge < -0.3 is 15.4 Å². The average Bonchev–Trinajstić information content (AvgIpc) is 2.93. The highest BCUT2D eigenvalue weighted by molar-refractivity contribution is 9.10. The van der Waals surface area contributed by atoms with E-state index in [1.807, 2.05) is 44.2 Å². The summed E-state index contributed by atoms with van der Waals surface area (Å²) in [7, 11) is 0. The SMILES string of the molecule is CC(C)[C@@H]1NC(=O)C(C)(C)/C=C/c2ccc3c(Br)cc(nc3c2)[C@@H](C)OC(=O)[C@@H]2CCCN(N2)C(=O)[C@H](C)NC1=O. The zero-order chi connectivity index (χ0) is 30.1. The van der Waals surface area contributed by atoms with Crippen LogP contribution in [0.2, 0.25) is 0 Å². The first kappa shape index (κ1) is 30.6. The fourth-order valence-electron chi connectivity index (χ4n) is 4.81. The second-order valence-electron chi connectivity index (χ2n) is 11.7. The molecule has 5 bridgehead atoms. The molecule has 4 atom stereocenters. The van der Waals surface area contributed by atoms with E-state index in [0.717, 1.165) is 15.4 Å².